The first-order valence-corrected chi connectivity index (χ1v) is 4.67. The predicted octanol–water partition coefficient (Wildman–Crippen LogP) is 1.52. The average Bonchev–Trinajstić information content (AvgIpc) is 2.88. The fourth-order valence-electron chi connectivity index (χ4n) is 1.55. The summed E-state index contributed by atoms with van der Waals surface area (Å²) < 4.78 is 0. The Labute approximate surface area is 76.4 Å². The second-order valence-corrected chi connectivity index (χ2v) is 3.56. The Balaban J connectivity index is 2.50. The zero-order valence-corrected chi connectivity index (χ0v) is 7.63. The first-order valence-electron chi connectivity index (χ1n) is 4.67. The highest BCUT2D eigenvalue weighted by molar-refractivity contribution is 5.32. The Hall–Kier alpha value is -1.25. The van der Waals surface area contributed by atoms with E-state index >= 15 is 0 Å². The number of aromatic nitrogens is 1. The largest absolute Gasteiger partial charge is 0.494 e. The topological polar surface area (TPSA) is 53.1 Å². The van der Waals surface area contributed by atoms with E-state index in [0.717, 1.165) is 30.4 Å². The van der Waals surface area contributed by atoms with Gasteiger partial charge in [-0.2, -0.15) is 0 Å². The summed E-state index contributed by atoms with van der Waals surface area (Å²) >= 11 is 0. The third kappa shape index (κ3) is 1.46. The molecule has 0 bridgehead atoms. The predicted molar refractivity (Wildman–Crippen MR) is 50.1 cm³/mol. The summed E-state index contributed by atoms with van der Waals surface area (Å²) in [6, 6.07) is 1.84. The summed E-state index contributed by atoms with van der Waals surface area (Å²) in [5.41, 5.74) is 1.55. The molecule has 1 aliphatic carbocycles. The SMILES string of the molecule is CCc1cc(C2CC2)c(=O)[nH]c1O. The van der Waals surface area contributed by atoms with Crippen LogP contribution >= 0.6 is 0 Å². The molecule has 3 nitrogen and oxygen atoms in total. The highest BCUT2D eigenvalue weighted by Crippen LogP contribution is 2.38. The van der Waals surface area contributed by atoms with Gasteiger partial charge in [0.2, 0.25) is 0 Å². The maximum absolute atomic E-state index is 11.4. The zero-order valence-electron chi connectivity index (χ0n) is 7.63. The molecule has 1 aromatic heterocycles. The number of hydrogen-bond donors (Lipinski definition) is 2. The van der Waals surface area contributed by atoms with Crippen LogP contribution in [0.3, 0.4) is 0 Å². The van der Waals surface area contributed by atoms with E-state index in [2.05, 4.69) is 4.98 Å². The molecule has 1 fully saturated rings. The molecule has 0 atom stereocenters. The quantitative estimate of drug-likeness (QED) is 0.723. The minimum atomic E-state index is -0.128. The van der Waals surface area contributed by atoms with Crippen molar-refractivity contribution in [1.29, 1.82) is 0 Å². The number of rotatable bonds is 2. The molecule has 0 amide bonds. The molecule has 0 unspecified atom stereocenters. The number of aromatic hydroxyl groups is 1. The van der Waals surface area contributed by atoms with Crippen molar-refractivity contribution in [3.05, 3.63) is 27.5 Å². The lowest BCUT2D eigenvalue weighted by atomic mass is 10.1. The minimum Gasteiger partial charge on any atom is -0.494 e. The molecule has 0 aromatic carbocycles. The van der Waals surface area contributed by atoms with Crippen LogP contribution in [0.5, 0.6) is 5.88 Å². The smallest absolute Gasteiger partial charge is 0.254 e. The van der Waals surface area contributed by atoms with Gasteiger partial charge in [-0.05, 0) is 31.2 Å². The van der Waals surface area contributed by atoms with Gasteiger partial charge in [-0.3, -0.25) is 9.78 Å². The van der Waals surface area contributed by atoms with Gasteiger partial charge < -0.3 is 5.11 Å². The van der Waals surface area contributed by atoms with E-state index in [1.165, 1.54) is 0 Å². The van der Waals surface area contributed by atoms with Crippen molar-refractivity contribution in [3.63, 3.8) is 0 Å². The molecular weight excluding hydrogens is 166 g/mol. The molecule has 1 aromatic rings. The third-order valence-corrected chi connectivity index (χ3v) is 2.53. The Morgan fingerprint density at radius 3 is 2.85 bits per heavy atom. The van der Waals surface area contributed by atoms with Gasteiger partial charge >= 0.3 is 0 Å². The highest BCUT2D eigenvalue weighted by Gasteiger charge is 2.26. The van der Waals surface area contributed by atoms with Crippen molar-refractivity contribution in [2.24, 2.45) is 0 Å². The molecule has 70 valence electrons. The maximum Gasteiger partial charge on any atom is 0.254 e. The fraction of sp³-hybridized carbons (Fsp3) is 0.500. The number of hydrogen-bond acceptors (Lipinski definition) is 2. The van der Waals surface area contributed by atoms with Crippen LogP contribution in [0.15, 0.2) is 10.9 Å². The maximum atomic E-state index is 11.4. The molecule has 1 heterocycles. The fourth-order valence-corrected chi connectivity index (χ4v) is 1.55. The first-order chi connectivity index (χ1) is 6.22. The van der Waals surface area contributed by atoms with Gasteiger partial charge in [0.1, 0.15) is 0 Å². The van der Waals surface area contributed by atoms with E-state index in [1.54, 1.807) is 0 Å². The molecule has 2 rings (SSSR count). The van der Waals surface area contributed by atoms with Crippen molar-refractivity contribution in [1.82, 2.24) is 4.98 Å². The Bertz CT molecular complexity index is 377. The molecule has 0 radical (unpaired) electrons. The molecule has 0 aliphatic heterocycles. The monoisotopic (exact) mass is 179 g/mol. The van der Waals surface area contributed by atoms with Gasteiger partial charge in [0.25, 0.3) is 5.56 Å². The van der Waals surface area contributed by atoms with Crippen LogP contribution < -0.4 is 5.56 Å². The van der Waals surface area contributed by atoms with Gasteiger partial charge in [0, 0.05) is 11.1 Å². The van der Waals surface area contributed by atoms with Gasteiger partial charge in [-0.15, -0.1) is 0 Å². The van der Waals surface area contributed by atoms with Crippen LogP contribution in [-0.4, -0.2) is 10.1 Å². The van der Waals surface area contributed by atoms with E-state index in [9.17, 15) is 9.90 Å². The lowest BCUT2D eigenvalue weighted by Crippen LogP contribution is -2.12. The van der Waals surface area contributed by atoms with Crippen LogP contribution in [0.2, 0.25) is 0 Å². The van der Waals surface area contributed by atoms with Crippen molar-refractivity contribution in [2.45, 2.75) is 32.1 Å². The summed E-state index contributed by atoms with van der Waals surface area (Å²) in [6.07, 6.45) is 2.97. The Morgan fingerprint density at radius 2 is 2.31 bits per heavy atom. The Morgan fingerprint density at radius 1 is 1.62 bits per heavy atom. The number of nitrogens with one attached hydrogen (secondary N) is 1. The molecule has 2 N–H and O–H groups in total. The van der Waals surface area contributed by atoms with Gasteiger partial charge in [-0.25, -0.2) is 0 Å². The van der Waals surface area contributed by atoms with Crippen LogP contribution in [-0.2, 0) is 6.42 Å². The summed E-state index contributed by atoms with van der Waals surface area (Å²) in [6.45, 7) is 1.96. The van der Waals surface area contributed by atoms with Crippen molar-refractivity contribution >= 4 is 0 Å². The third-order valence-electron chi connectivity index (χ3n) is 2.53. The van der Waals surface area contributed by atoms with Crippen LogP contribution in [0.1, 0.15) is 36.8 Å². The van der Waals surface area contributed by atoms with Crippen molar-refractivity contribution < 1.29 is 5.11 Å². The van der Waals surface area contributed by atoms with Gasteiger partial charge in [0.05, 0.1) is 0 Å². The van der Waals surface area contributed by atoms with Gasteiger partial charge in [0.15, 0.2) is 5.88 Å². The Kier molecular flexibility index (Phi) is 1.87. The minimum absolute atomic E-state index is 0.0249. The summed E-state index contributed by atoms with van der Waals surface area (Å²) in [5, 5.41) is 9.36. The normalized spacial score (nSPS) is 16.1. The molecule has 13 heavy (non-hydrogen) atoms. The number of aryl methyl sites for hydroxylation is 1. The van der Waals surface area contributed by atoms with E-state index in [0.29, 0.717) is 5.92 Å². The van der Waals surface area contributed by atoms with E-state index in [4.69, 9.17) is 0 Å². The molecule has 1 saturated carbocycles. The van der Waals surface area contributed by atoms with Crippen LogP contribution in [0.25, 0.3) is 0 Å². The first kappa shape index (κ1) is 8.35. The summed E-state index contributed by atoms with van der Waals surface area (Å²) in [7, 11) is 0. The van der Waals surface area contributed by atoms with Gasteiger partial charge in [-0.1, -0.05) is 6.92 Å². The molecule has 0 saturated heterocycles. The van der Waals surface area contributed by atoms with Crippen LogP contribution in [0, 0.1) is 0 Å². The number of H-pyrrole nitrogens is 1. The number of pyridine rings is 1. The van der Waals surface area contributed by atoms with E-state index in [-0.39, 0.29) is 11.4 Å². The standard InChI is InChI=1S/C10H13NO2/c1-2-6-5-8(7-3-4-7)10(13)11-9(6)12/h5,7H,2-4H2,1H3,(H2,11,12,13). The summed E-state index contributed by atoms with van der Waals surface area (Å²) in [4.78, 5) is 13.9. The van der Waals surface area contributed by atoms with Crippen molar-refractivity contribution in [3.8, 4) is 5.88 Å². The summed E-state index contributed by atoms with van der Waals surface area (Å²) in [5.74, 6) is 0.464. The average molecular weight is 179 g/mol. The highest BCUT2D eigenvalue weighted by atomic mass is 16.3. The van der Waals surface area contributed by atoms with E-state index in [1.807, 2.05) is 13.0 Å². The second kappa shape index (κ2) is 2.91. The molecule has 3 heteroatoms. The van der Waals surface area contributed by atoms with Crippen molar-refractivity contribution in [2.75, 3.05) is 0 Å². The van der Waals surface area contributed by atoms with E-state index < -0.39 is 0 Å². The van der Waals surface area contributed by atoms with Crippen LogP contribution in [0.4, 0.5) is 0 Å². The lowest BCUT2D eigenvalue weighted by molar-refractivity contribution is 0.444. The molecule has 1 aliphatic rings. The lowest BCUT2D eigenvalue weighted by Gasteiger charge is -2.03. The molecule has 0 spiro atoms. The second-order valence-electron chi connectivity index (χ2n) is 3.56. The molecular formula is C10H13NO2. The zero-order chi connectivity index (χ0) is 9.42. The number of aromatic amines is 1.